The van der Waals surface area contributed by atoms with Gasteiger partial charge in [0.2, 0.25) is 0 Å². The molecule has 2 aromatic rings. The lowest BCUT2D eigenvalue weighted by Gasteiger charge is -1.99. The van der Waals surface area contributed by atoms with Crippen LogP contribution in [0, 0.1) is 0 Å². The zero-order valence-corrected chi connectivity index (χ0v) is 9.76. The maximum absolute atomic E-state index is 11.7. The molecule has 0 spiro atoms. The summed E-state index contributed by atoms with van der Waals surface area (Å²) in [6, 6.07) is 5.16. The number of carbonyl (C=O) groups excluding carboxylic acids is 1. The highest BCUT2D eigenvalue weighted by Gasteiger charge is 2.09. The van der Waals surface area contributed by atoms with Crippen LogP contribution in [0.4, 0.5) is 5.13 Å². The van der Waals surface area contributed by atoms with Gasteiger partial charge in [0.15, 0.2) is 5.13 Å². The second-order valence-electron chi connectivity index (χ2n) is 2.95. The van der Waals surface area contributed by atoms with Crippen LogP contribution in [0.15, 0.2) is 29.8 Å². The molecule has 82 valence electrons. The van der Waals surface area contributed by atoms with E-state index in [0.29, 0.717) is 16.7 Å². The van der Waals surface area contributed by atoms with Crippen molar-refractivity contribution in [3.63, 3.8) is 0 Å². The number of halogens is 1. The minimum atomic E-state index is -0.268. The molecule has 0 saturated heterocycles. The van der Waals surface area contributed by atoms with Crippen LogP contribution in [0.25, 0.3) is 0 Å². The molecule has 0 fully saturated rings. The Bertz CT molecular complexity index is 486. The molecule has 0 unspecified atom stereocenters. The largest absolute Gasteiger partial charge is 0.296 e. The molecule has 16 heavy (non-hydrogen) atoms. The Morgan fingerprint density at radius 3 is 3.00 bits per heavy atom. The summed E-state index contributed by atoms with van der Waals surface area (Å²) in [6.45, 7) is 0. The number of anilines is 1. The number of hydrogen-bond donors (Lipinski definition) is 1. The molecule has 0 bridgehead atoms. The van der Waals surface area contributed by atoms with Crippen LogP contribution in [0.3, 0.4) is 0 Å². The van der Waals surface area contributed by atoms with Gasteiger partial charge in [0.1, 0.15) is 5.69 Å². The second-order valence-corrected chi connectivity index (χ2v) is 4.07. The van der Waals surface area contributed by atoms with Gasteiger partial charge in [0.25, 0.3) is 5.91 Å². The number of pyridine rings is 1. The van der Waals surface area contributed by atoms with Crippen molar-refractivity contribution >= 4 is 34.0 Å². The van der Waals surface area contributed by atoms with Crippen molar-refractivity contribution < 1.29 is 4.79 Å². The number of nitrogens with zero attached hydrogens (tertiary/aromatic N) is 2. The summed E-state index contributed by atoms with van der Waals surface area (Å²) < 4.78 is 0. The summed E-state index contributed by atoms with van der Waals surface area (Å²) in [6.07, 6.45) is 1.57. The van der Waals surface area contributed by atoms with Crippen molar-refractivity contribution in [3.05, 3.63) is 41.2 Å². The zero-order valence-electron chi connectivity index (χ0n) is 8.18. The first-order valence-corrected chi connectivity index (χ1v) is 5.94. The molecule has 0 aliphatic carbocycles. The number of thiazole rings is 1. The molecule has 1 N–H and O–H groups in total. The fourth-order valence-electron chi connectivity index (χ4n) is 1.08. The number of carbonyl (C=O) groups is 1. The molecule has 0 saturated carbocycles. The summed E-state index contributed by atoms with van der Waals surface area (Å²) in [5.74, 6) is 0.0757. The predicted molar refractivity (Wildman–Crippen MR) is 63.9 cm³/mol. The molecular formula is C10H8ClN3OS. The Balaban J connectivity index is 2.08. The first-order chi connectivity index (χ1) is 7.79. The third kappa shape index (κ3) is 2.56. The van der Waals surface area contributed by atoms with E-state index in [1.54, 1.807) is 29.8 Å². The average Bonchev–Trinajstić information content (AvgIpc) is 2.78. The summed E-state index contributed by atoms with van der Waals surface area (Å²) >= 11 is 6.95. The van der Waals surface area contributed by atoms with E-state index >= 15 is 0 Å². The van der Waals surface area contributed by atoms with Crippen molar-refractivity contribution in [1.29, 1.82) is 0 Å². The van der Waals surface area contributed by atoms with Crippen molar-refractivity contribution in [2.24, 2.45) is 0 Å². The van der Waals surface area contributed by atoms with Crippen molar-refractivity contribution in [2.75, 3.05) is 5.32 Å². The zero-order chi connectivity index (χ0) is 11.4. The van der Waals surface area contributed by atoms with Gasteiger partial charge in [-0.1, -0.05) is 6.07 Å². The van der Waals surface area contributed by atoms with E-state index in [2.05, 4.69) is 15.3 Å². The van der Waals surface area contributed by atoms with Gasteiger partial charge in [0.05, 0.1) is 11.6 Å². The average molecular weight is 254 g/mol. The predicted octanol–water partition coefficient (Wildman–Crippen LogP) is 2.53. The standard InChI is InChI=1S/C10H8ClN3OS/c11-5-7-6-16-10(13-7)14-9(15)8-3-1-2-4-12-8/h1-4,6H,5H2,(H,13,14,15). The molecule has 1 amide bonds. The molecule has 0 radical (unpaired) electrons. The van der Waals surface area contributed by atoms with Gasteiger partial charge in [-0.05, 0) is 12.1 Å². The van der Waals surface area contributed by atoms with Crippen LogP contribution in [0.5, 0.6) is 0 Å². The van der Waals surface area contributed by atoms with E-state index in [4.69, 9.17) is 11.6 Å². The number of amides is 1. The Hall–Kier alpha value is -1.46. The lowest BCUT2D eigenvalue weighted by atomic mass is 10.3. The fourth-order valence-corrected chi connectivity index (χ4v) is 2.02. The number of aromatic nitrogens is 2. The molecule has 0 aliphatic heterocycles. The number of rotatable bonds is 3. The number of hydrogen-bond acceptors (Lipinski definition) is 4. The van der Waals surface area contributed by atoms with Gasteiger partial charge in [-0.2, -0.15) is 0 Å². The quantitative estimate of drug-likeness (QED) is 0.856. The summed E-state index contributed by atoms with van der Waals surface area (Å²) in [4.78, 5) is 19.7. The monoisotopic (exact) mass is 253 g/mol. The molecule has 2 heterocycles. The van der Waals surface area contributed by atoms with Crippen molar-refractivity contribution in [1.82, 2.24) is 9.97 Å². The molecule has 0 aliphatic rings. The van der Waals surface area contributed by atoms with Crippen LogP contribution >= 0.6 is 22.9 Å². The highest BCUT2D eigenvalue weighted by atomic mass is 35.5. The molecule has 0 aromatic carbocycles. The van der Waals surface area contributed by atoms with Crippen LogP contribution < -0.4 is 5.32 Å². The Kier molecular flexibility index (Phi) is 3.48. The van der Waals surface area contributed by atoms with Gasteiger partial charge < -0.3 is 0 Å². The van der Waals surface area contributed by atoms with Gasteiger partial charge in [-0.25, -0.2) is 4.98 Å². The summed E-state index contributed by atoms with van der Waals surface area (Å²) in [5.41, 5.74) is 1.12. The molecule has 2 aromatic heterocycles. The van der Waals surface area contributed by atoms with Crippen LogP contribution in [0.2, 0.25) is 0 Å². The maximum Gasteiger partial charge on any atom is 0.276 e. The van der Waals surface area contributed by atoms with Crippen molar-refractivity contribution in [2.45, 2.75) is 5.88 Å². The highest BCUT2D eigenvalue weighted by Crippen LogP contribution is 2.17. The topological polar surface area (TPSA) is 54.9 Å². The SMILES string of the molecule is O=C(Nc1nc(CCl)cs1)c1ccccn1. The first kappa shape index (κ1) is 11.0. The van der Waals surface area contributed by atoms with Crippen LogP contribution in [-0.2, 0) is 5.88 Å². The van der Waals surface area contributed by atoms with E-state index < -0.39 is 0 Å². The van der Waals surface area contributed by atoms with E-state index in [9.17, 15) is 4.79 Å². The minimum Gasteiger partial charge on any atom is -0.296 e. The smallest absolute Gasteiger partial charge is 0.276 e. The lowest BCUT2D eigenvalue weighted by molar-refractivity contribution is 0.102. The molecule has 6 heteroatoms. The Labute approximate surface area is 101 Å². The molecule has 4 nitrogen and oxygen atoms in total. The molecular weight excluding hydrogens is 246 g/mol. The number of nitrogens with one attached hydrogen (secondary N) is 1. The van der Waals surface area contributed by atoms with Crippen molar-refractivity contribution in [3.8, 4) is 0 Å². The third-order valence-corrected chi connectivity index (χ3v) is 2.89. The van der Waals surface area contributed by atoms with E-state index in [1.807, 2.05) is 0 Å². The van der Waals surface area contributed by atoms with E-state index in [-0.39, 0.29) is 5.91 Å². The van der Waals surface area contributed by atoms with Gasteiger partial charge in [0, 0.05) is 11.6 Å². The van der Waals surface area contributed by atoms with E-state index in [1.165, 1.54) is 11.3 Å². The second kappa shape index (κ2) is 5.05. The minimum absolute atomic E-state index is 0.268. The third-order valence-electron chi connectivity index (χ3n) is 1.81. The maximum atomic E-state index is 11.7. The van der Waals surface area contributed by atoms with Gasteiger partial charge in [-0.3, -0.25) is 15.1 Å². The normalized spacial score (nSPS) is 10.1. The molecule has 2 rings (SSSR count). The first-order valence-electron chi connectivity index (χ1n) is 4.52. The lowest BCUT2D eigenvalue weighted by Crippen LogP contribution is -2.13. The summed E-state index contributed by atoms with van der Waals surface area (Å²) in [5, 5.41) is 5.00. The van der Waals surface area contributed by atoms with Crippen LogP contribution in [-0.4, -0.2) is 15.9 Å². The Morgan fingerprint density at radius 1 is 1.50 bits per heavy atom. The van der Waals surface area contributed by atoms with Gasteiger partial charge in [-0.15, -0.1) is 22.9 Å². The summed E-state index contributed by atoms with van der Waals surface area (Å²) in [7, 11) is 0. The highest BCUT2D eigenvalue weighted by molar-refractivity contribution is 7.14. The number of alkyl halides is 1. The molecule has 0 atom stereocenters. The van der Waals surface area contributed by atoms with Gasteiger partial charge >= 0.3 is 0 Å². The Morgan fingerprint density at radius 2 is 2.38 bits per heavy atom. The van der Waals surface area contributed by atoms with E-state index in [0.717, 1.165) is 5.69 Å². The van der Waals surface area contributed by atoms with Crippen LogP contribution in [0.1, 0.15) is 16.2 Å². The fraction of sp³-hybridized carbons (Fsp3) is 0.100.